The first-order valence-corrected chi connectivity index (χ1v) is 9.27. The number of anilines is 1. The number of fused-ring (bicyclic) bond motifs is 1. The van der Waals surface area contributed by atoms with Gasteiger partial charge in [0.25, 0.3) is 10.0 Å². The molecule has 3 heterocycles. The Hall–Kier alpha value is -2.59. The normalized spacial score (nSPS) is 16.3. The highest BCUT2D eigenvalue weighted by Gasteiger charge is 2.20. The topological polar surface area (TPSA) is 119 Å². The van der Waals surface area contributed by atoms with E-state index in [0.29, 0.717) is 30.0 Å². The van der Waals surface area contributed by atoms with E-state index < -0.39 is 15.8 Å². The third kappa shape index (κ3) is 3.17. The Balaban J connectivity index is 1.57. The number of hydrogen-bond acceptors (Lipinski definition) is 6. The van der Waals surface area contributed by atoms with E-state index in [1.165, 1.54) is 24.4 Å². The highest BCUT2D eigenvalue weighted by atomic mass is 32.2. The van der Waals surface area contributed by atoms with E-state index in [2.05, 4.69) is 14.8 Å². The first-order chi connectivity index (χ1) is 12.0. The third-order valence-corrected chi connectivity index (χ3v) is 5.50. The van der Waals surface area contributed by atoms with Crippen molar-refractivity contribution in [3.63, 3.8) is 0 Å². The van der Waals surface area contributed by atoms with Crippen LogP contribution in [0, 0.1) is 0 Å². The van der Waals surface area contributed by atoms with E-state index in [-0.39, 0.29) is 10.9 Å². The van der Waals surface area contributed by atoms with Crippen LogP contribution in [0.3, 0.4) is 0 Å². The molecule has 0 amide bonds. The number of aromatic amines is 1. The van der Waals surface area contributed by atoms with E-state index in [1.807, 2.05) is 0 Å². The Morgan fingerprint density at radius 3 is 2.88 bits per heavy atom. The molecule has 0 radical (unpaired) electrons. The summed E-state index contributed by atoms with van der Waals surface area (Å²) in [4.78, 5) is 13.6. The van der Waals surface area contributed by atoms with Crippen LogP contribution in [-0.4, -0.2) is 36.4 Å². The zero-order valence-corrected chi connectivity index (χ0v) is 14.0. The Kier molecular flexibility index (Phi) is 3.85. The lowest BCUT2D eigenvalue weighted by molar-refractivity contribution is 0.0662. The fraction of sp³-hybridized carbons (Fsp3) is 0.333. The van der Waals surface area contributed by atoms with Gasteiger partial charge in [0.1, 0.15) is 0 Å². The number of oxazole rings is 1. The summed E-state index contributed by atoms with van der Waals surface area (Å²) in [7, 11) is -3.80. The molecule has 9 nitrogen and oxygen atoms in total. The Morgan fingerprint density at radius 1 is 1.28 bits per heavy atom. The molecular weight excluding hydrogens is 348 g/mol. The van der Waals surface area contributed by atoms with Crippen molar-refractivity contribution >= 4 is 26.8 Å². The first kappa shape index (κ1) is 15.9. The van der Waals surface area contributed by atoms with Crippen LogP contribution in [0.15, 0.2) is 44.7 Å². The second-order valence-corrected chi connectivity index (χ2v) is 7.51. The number of aromatic nitrogens is 3. The minimum atomic E-state index is -3.80. The predicted octanol–water partition coefficient (Wildman–Crippen LogP) is 1.47. The molecule has 1 aliphatic rings. The van der Waals surface area contributed by atoms with Crippen LogP contribution >= 0.6 is 0 Å². The molecule has 2 aromatic heterocycles. The summed E-state index contributed by atoms with van der Waals surface area (Å²) in [5.74, 6) is -0.629. The Bertz CT molecular complexity index is 1060. The average molecular weight is 364 g/mol. The molecule has 4 rings (SSSR count). The van der Waals surface area contributed by atoms with Gasteiger partial charge < -0.3 is 9.15 Å². The van der Waals surface area contributed by atoms with Gasteiger partial charge in [0, 0.05) is 19.4 Å². The monoisotopic (exact) mass is 364 g/mol. The summed E-state index contributed by atoms with van der Waals surface area (Å²) in [5.41, 5.74) is 1.01. The molecule has 2 N–H and O–H groups in total. The number of rotatable bonds is 4. The average Bonchev–Trinajstić information content (AvgIpc) is 3.20. The summed E-state index contributed by atoms with van der Waals surface area (Å²) < 4.78 is 39.5. The number of H-pyrrole nitrogens is 1. The Labute approximate surface area is 142 Å². The molecule has 132 valence electrons. The largest absolute Gasteiger partial charge is 0.417 e. The quantitative estimate of drug-likeness (QED) is 0.723. The van der Waals surface area contributed by atoms with Gasteiger partial charge in [-0.3, -0.25) is 14.4 Å². The summed E-state index contributed by atoms with van der Waals surface area (Å²) in [6, 6.07) is 4.38. The molecule has 0 aliphatic carbocycles. The lowest BCUT2D eigenvalue weighted by Gasteiger charge is -2.22. The number of nitrogens with zero attached hydrogens (tertiary/aromatic N) is 2. The van der Waals surface area contributed by atoms with E-state index in [0.717, 1.165) is 12.8 Å². The van der Waals surface area contributed by atoms with Crippen molar-refractivity contribution in [2.45, 2.75) is 23.8 Å². The van der Waals surface area contributed by atoms with E-state index in [9.17, 15) is 13.2 Å². The van der Waals surface area contributed by atoms with E-state index >= 15 is 0 Å². The second kappa shape index (κ2) is 6.05. The highest BCUT2D eigenvalue weighted by molar-refractivity contribution is 7.92. The number of sulfonamides is 1. The van der Waals surface area contributed by atoms with E-state index in [1.54, 1.807) is 10.9 Å². The van der Waals surface area contributed by atoms with Crippen LogP contribution in [0.5, 0.6) is 0 Å². The molecule has 0 saturated carbocycles. The molecule has 25 heavy (non-hydrogen) atoms. The van der Waals surface area contributed by atoms with Crippen LogP contribution in [0.2, 0.25) is 0 Å². The van der Waals surface area contributed by atoms with E-state index in [4.69, 9.17) is 9.15 Å². The van der Waals surface area contributed by atoms with Crippen LogP contribution in [0.1, 0.15) is 18.9 Å². The lowest BCUT2D eigenvalue weighted by atomic mass is 10.1. The van der Waals surface area contributed by atoms with Gasteiger partial charge in [0.05, 0.1) is 28.3 Å². The Morgan fingerprint density at radius 2 is 2.08 bits per heavy atom. The van der Waals surface area contributed by atoms with Crippen molar-refractivity contribution in [1.29, 1.82) is 0 Å². The molecule has 1 aromatic carbocycles. The van der Waals surface area contributed by atoms with Gasteiger partial charge in [-0.15, -0.1) is 0 Å². The van der Waals surface area contributed by atoms with Gasteiger partial charge in [0.15, 0.2) is 5.58 Å². The maximum atomic E-state index is 12.5. The van der Waals surface area contributed by atoms with Crippen LogP contribution in [0.25, 0.3) is 11.1 Å². The smallest absolute Gasteiger partial charge is 0.408 e. The van der Waals surface area contributed by atoms with Gasteiger partial charge >= 0.3 is 5.76 Å². The lowest BCUT2D eigenvalue weighted by Crippen LogP contribution is -2.19. The standard InChI is InChI=1S/C15H16N4O5S/c20-15-17-13-7-12(1-2-14(13)24-15)25(21,22)18-10-8-16-19(9-10)11-3-5-23-6-4-11/h1-2,7-9,11,18H,3-6H2,(H,17,20). The second-order valence-electron chi connectivity index (χ2n) is 5.83. The van der Waals surface area contributed by atoms with Gasteiger partial charge in [-0.2, -0.15) is 5.10 Å². The molecule has 0 spiro atoms. The molecule has 1 fully saturated rings. The van der Waals surface area contributed by atoms with Crippen molar-refractivity contribution in [3.8, 4) is 0 Å². The fourth-order valence-corrected chi connectivity index (χ4v) is 3.91. The SMILES string of the molecule is O=c1[nH]c2cc(S(=O)(=O)Nc3cnn(C4CCOCC4)c3)ccc2o1. The highest BCUT2D eigenvalue weighted by Crippen LogP contribution is 2.23. The number of ether oxygens (including phenoxy) is 1. The zero-order chi connectivity index (χ0) is 17.4. The molecule has 10 heteroatoms. The molecule has 0 bridgehead atoms. The fourth-order valence-electron chi connectivity index (χ4n) is 2.85. The number of nitrogens with one attached hydrogen (secondary N) is 2. The van der Waals surface area contributed by atoms with Gasteiger partial charge in [0.2, 0.25) is 0 Å². The van der Waals surface area contributed by atoms with Gasteiger partial charge in [-0.1, -0.05) is 0 Å². The summed E-state index contributed by atoms with van der Waals surface area (Å²) in [6.07, 6.45) is 4.84. The molecule has 1 aliphatic heterocycles. The maximum absolute atomic E-state index is 12.5. The van der Waals surface area contributed by atoms with Crippen molar-refractivity contribution in [3.05, 3.63) is 41.1 Å². The molecular formula is C15H16N4O5S. The number of benzene rings is 1. The molecule has 0 atom stereocenters. The minimum absolute atomic E-state index is 0.0240. The minimum Gasteiger partial charge on any atom is -0.408 e. The van der Waals surface area contributed by atoms with Gasteiger partial charge in [-0.05, 0) is 31.0 Å². The summed E-state index contributed by atoms with van der Waals surface area (Å²) >= 11 is 0. The first-order valence-electron chi connectivity index (χ1n) is 7.79. The molecule has 0 unspecified atom stereocenters. The van der Waals surface area contributed by atoms with Crippen molar-refractivity contribution in [1.82, 2.24) is 14.8 Å². The van der Waals surface area contributed by atoms with Crippen LogP contribution in [-0.2, 0) is 14.8 Å². The molecule has 3 aromatic rings. The maximum Gasteiger partial charge on any atom is 0.417 e. The van der Waals surface area contributed by atoms with Crippen molar-refractivity contribution in [2.24, 2.45) is 0 Å². The summed E-state index contributed by atoms with van der Waals surface area (Å²) in [5, 5.41) is 4.24. The van der Waals surface area contributed by atoms with Crippen molar-refractivity contribution in [2.75, 3.05) is 17.9 Å². The third-order valence-electron chi connectivity index (χ3n) is 4.12. The predicted molar refractivity (Wildman–Crippen MR) is 89.0 cm³/mol. The molecule has 1 saturated heterocycles. The summed E-state index contributed by atoms with van der Waals surface area (Å²) in [6.45, 7) is 1.35. The number of hydrogen-bond donors (Lipinski definition) is 2. The zero-order valence-electron chi connectivity index (χ0n) is 13.1. The van der Waals surface area contributed by atoms with Gasteiger partial charge in [-0.25, -0.2) is 13.2 Å². The van der Waals surface area contributed by atoms with Crippen LogP contribution in [0.4, 0.5) is 5.69 Å². The van der Waals surface area contributed by atoms with Crippen LogP contribution < -0.4 is 10.5 Å². The van der Waals surface area contributed by atoms with Crippen molar-refractivity contribution < 1.29 is 17.6 Å².